The minimum atomic E-state index is -0.781. The maximum atomic E-state index is 11.3. The highest BCUT2D eigenvalue weighted by Gasteiger charge is 2.30. The van der Waals surface area contributed by atoms with Gasteiger partial charge in [-0.2, -0.15) is 0 Å². The Morgan fingerprint density at radius 3 is 2.80 bits per heavy atom. The third kappa shape index (κ3) is 2.00. The van der Waals surface area contributed by atoms with Crippen molar-refractivity contribution < 1.29 is 9.90 Å². The van der Waals surface area contributed by atoms with Crippen LogP contribution in [0, 0.1) is 0 Å². The molecule has 0 amide bonds. The van der Waals surface area contributed by atoms with Crippen LogP contribution in [0.1, 0.15) is 49.6 Å². The molecule has 2 atom stereocenters. The molecule has 0 saturated carbocycles. The second-order valence-electron chi connectivity index (χ2n) is 5.96. The molecule has 3 N–H and O–H groups in total. The number of nitrogens with one attached hydrogen (secondary N) is 2. The number of fused-ring (bicyclic) bond motifs is 3. The molecule has 4 nitrogen and oxygen atoms in total. The molecule has 1 aliphatic rings. The predicted octanol–water partition coefficient (Wildman–Crippen LogP) is 2.95. The number of carboxylic acids is 1. The number of aromatic nitrogens is 1. The van der Waals surface area contributed by atoms with Gasteiger partial charge in [-0.3, -0.25) is 10.1 Å². The van der Waals surface area contributed by atoms with E-state index < -0.39 is 12.0 Å². The van der Waals surface area contributed by atoms with Crippen LogP contribution < -0.4 is 5.32 Å². The normalized spacial score (nSPS) is 22.2. The zero-order valence-electron chi connectivity index (χ0n) is 12.0. The molecule has 20 heavy (non-hydrogen) atoms. The van der Waals surface area contributed by atoms with Crippen LogP contribution in [0.15, 0.2) is 18.2 Å². The van der Waals surface area contributed by atoms with Crippen molar-refractivity contribution in [2.24, 2.45) is 0 Å². The van der Waals surface area contributed by atoms with Gasteiger partial charge < -0.3 is 10.1 Å². The van der Waals surface area contributed by atoms with Gasteiger partial charge in [-0.25, -0.2) is 0 Å². The number of hydrogen-bond acceptors (Lipinski definition) is 2. The quantitative estimate of drug-likeness (QED) is 0.787. The Balaban J connectivity index is 2.15. The van der Waals surface area contributed by atoms with Gasteiger partial charge >= 0.3 is 5.97 Å². The number of rotatable bonds is 2. The van der Waals surface area contributed by atoms with Crippen LogP contribution in [0.3, 0.4) is 0 Å². The molecule has 2 heterocycles. The first-order chi connectivity index (χ1) is 9.47. The molecule has 2 unspecified atom stereocenters. The highest BCUT2D eigenvalue weighted by Crippen LogP contribution is 2.33. The Morgan fingerprint density at radius 1 is 1.40 bits per heavy atom. The number of aliphatic carboxylic acids is 1. The molecular weight excluding hydrogens is 252 g/mol. The molecule has 0 saturated heterocycles. The van der Waals surface area contributed by atoms with Crippen molar-refractivity contribution in [1.29, 1.82) is 0 Å². The lowest BCUT2D eigenvalue weighted by molar-refractivity contribution is -0.139. The number of carboxylic acid groups (broad SMARTS) is 1. The highest BCUT2D eigenvalue weighted by molar-refractivity contribution is 5.87. The molecule has 2 aromatic rings. The minimum absolute atomic E-state index is 0.0368. The molecular formula is C16H20N2O2. The maximum absolute atomic E-state index is 11.3. The van der Waals surface area contributed by atoms with Gasteiger partial charge in [0.1, 0.15) is 6.04 Å². The summed E-state index contributed by atoms with van der Waals surface area (Å²) in [6.45, 7) is 6.35. The maximum Gasteiger partial charge on any atom is 0.321 e. The van der Waals surface area contributed by atoms with Gasteiger partial charge in [0.2, 0.25) is 0 Å². The predicted molar refractivity (Wildman–Crippen MR) is 79.1 cm³/mol. The van der Waals surface area contributed by atoms with Gasteiger partial charge in [-0.05, 0) is 36.1 Å². The molecule has 1 aromatic carbocycles. The summed E-state index contributed by atoms with van der Waals surface area (Å²) in [5.41, 5.74) is 4.66. The monoisotopic (exact) mass is 272 g/mol. The van der Waals surface area contributed by atoms with E-state index in [0.717, 1.165) is 16.8 Å². The summed E-state index contributed by atoms with van der Waals surface area (Å²) in [5.74, 6) is -0.309. The molecule has 1 aromatic heterocycles. The van der Waals surface area contributed by atoms with Crippen LogP contribution in [0.4, 0.5) is 0 Å². The molecule has 106 valence electrons. The first-order valence-corrected chi connectivity index (χ1v) is 7.10. The van der Waals surface area contributed by atoms with E-state index in [4.69, 9.17) is 0 Å². The lowest BCUT2D eigenvalue weighted by atomic mass is 9.93. The van der Waals surface area contributed by atoms with E-state index >= 15 is 0 Å². The van der Waals surface area contributed by atoms with Crippen LogP contribution >= 0.6 is 0 Å². The van der Waals surface area contributed by atoms with E-state index in [0.29, 0.717) is 12.3 Å². The van der Waals surface area contributed by atoms with Crippen LogP contribution in [0.5, 0.6) is 0 Å². The van der Waals surface area contributed by atoms with Crippen LogP contribution in [0.2, 0.25) is 0 Å². The molecule has 0 radical (unpaired) electrons. The second kappa shape index (κ2) is 4.63. The van der Waals surface area contributed by atoms with E-state index in [1.54, 1.807) is 0 Å². The average Bonchev–Trinajstić information content (AvgIpc) is 2.77. The zero-order valence-corrected chi connectivity index (χ0v) is 12.0. The lowest BCUT2D eigenvalue weighted by Crippen LogP contribution is -2.43. The Bertz CT molecular complexity index is 672. The minimum Gasteiger partial charge on any atom is -0.480 e. The molecule has 1 aliphatic heterocycles. The third-order valence-electron chi connectivity index (χ3n) is 4.22. The van der Waals surface area contributed by atoms with Gasteiger partial charge in [0.25, 0.3) is 0 Å². The number of benzene rings is 1. The summed E-state index contributed by atoms with van der Waals surface area (Å²) >= 11 is 0. The van der Waals surface area contributed by atoms with Crippen molar-refractivity contribution in [3.05, 3.63) is 35.0 Å². The molecule has 3 rings (SSSR count). The number of H-pyrrole nitrogens is 1. The van der Waals surface area contributed by atoms with Crippen molar-refractivity contribution in [3.63, 3.8) is 0 Å². The summed E-state index contributed by atoms with van der Waals surface area (Å²) in [6, 6.07) is 5.98. The van der Waals surface area contributed by atoms with Crippen LogP contribution in [0.25, 0.3) is 10.9 Å². The third-order valence-corrected chi connectivity index (χ3v) is 4.22. The molecule has 4 heteroatoms. The molecule has 0 spiro atoms. The summed E-state index contributed by atoms with van der Waals surface area (Å²) < 4.78 is 0. The Labute approximate surface area is 118 Å². The SMILES string of the molecule is CC(C)c1ccc2[nH]c3c(c2c1)CC(C(=O)O)NC3C. The topological polar surface area (TPSA) is 65.1 Å². The highest BCUT2D eigenvalue weighted by atomic mass is 16.4. The van der Waals surface area contributed by atoms with Crippen molar-refractivity contribution in [2.75, 3.05) is 0 Å². The van der Waals surface area contributed by atoms with Gasteiger partial charge in [0.05, 0.1) is 0 Å². The fraction of sp³-hybridized carbons (Fsp3) is 0.438. The van der Waals surface area contributed by atoms with Gasteiger partial charge in [0.15, 0.2) is 0 Å². The van der Waals surface area contributed by atoms with E-state index in [-0.39, 0.29) is 6.04 Å². The fourth-order valence-corrected chi connectivity index (χ4v) is 3.04. The van der Waals surface area contributed by atoms with Crippen molar-refractivity contribution in [1.82, 2.24) is 10.3 Å². The molecule has 0 fully saturated rings. The Hall–Kier alpha value is -1.81. The Kier molecular flexibility index (Phi) is 3.05. The Morgan fingerprint density at radius 2 is 2.15 bits per heavy atom. The van der Waals surface area contributed by atoms with Gasteiger partial charge in [-0.15, -0.1) is 0 Å². The second-order valence-corrected chi connectivity index (χ2v) is 5.96. The summed E-state index contributed by atoms with van der Waals surface area (Å²) in [7, 11) is 0. The van der Waals surface area contributed by atoms with E-state index in [1.165, 1.54) is 10.9 Å². The van der Waals surface area contributed by atoms with E-state index in [1.807, 2.05) is 6.92 Å². The molecule has 0 bridgehead atoms. The largest absolute Gasteiger partial charge is 0.480 e. The van der Waals surface area contributed by atoms with Crippen molar-refractivity contribution in [2.45, 2.75) is 45.2 Å². The van der Waals surface area contributed by atoms with Gasteiger partial charge in [0, 0.05) is 29.1 Å². The summed E-state index contributed by atoms with van der Waals surface area (Å²) in [4.78, 5) is 14.7. The number of hydrogen-bond donors (Lipinski definition) is 3. The zero-order chi connectivity index (χ0) is 14.4. The summed E-state index contributed by atoms with van der Waals surface area (Å²) in [6.07, 6.45) is 0.538. The average molecular weight is 272 g/mol. The van der Waals surface area contributed by atoms with Crippen molar-refractivity contribution in [3.8, 4) is 0 Å². The molecule has 0 aliphatic carbocycles. The number of aromatic amines is 1. The van der Waals surface area contributed by atoms with E-state index in [9.17, 15) is 9.90 Å². The lowest BCUT2D eigenvalue weighted by Gasteiger charge is -2.26. The van der Waals surface area contributed by atoms with Gasteiger partial charge in [-0.1, -0.05) is 19.9 Å². The first kappa shape index (κ1) is 13.2. The standard InChI is InChI=1S/C16H20N2O2/c1-8(2)10-4-5-13-11(6-10)12-7-14(16(19)20)17-9(3)15(12)18-13/h4-6,8-9,14,17-18H,7H2,1-3H3,(H,19,20). The van der Waals surface area contributed by atoms with Crippen molar-refractivity contribution >= 4 is 16.9 Å². The fourth-order valence-electron chi connectivity index (χ4n) is 3.04. The van der Waals surface area contributed by atoms with Crippen LogP contribution in [-0.4, -0.2) is 22.1 Å². The smallest absolute Gasteiger partial charge is 0.321 e. The van der Waals surface area contributed by atoms with E-state index in [2.05, 4.69) is 42.3 Å². The van der Waals surface area contributed by atoms with Crippen LogP contribution in [-0.2, 0) is 11.2 Å². The summed E-state index contributed by atoms with van der Waals surface area (Å²) in [5, 5.41) is 13.6. The number of carbonyl (C=O) groups is 1. The first-order valence-electron chi connectivity index (χ1n) is 7.10.